The Balaban J connectivity index is 2.20. The fourth-order valence-corrected chi connectivity index (χ4v) is 2.37. The molecule has 2 N–H and O–H groups in total. The molecule has 1 aromatic rings. The highest BCUT2D eigenvalue weighted by atomic mass is 35.5. The van der Waals surface area contributed by atoms with E-state index in [2.05, 4.69) is 29.7 Å². The van der Waals surface area contributed by atoms with E-state index in [4.69, 9.17) is 11.6 Å². The quantitative estimate of drug-likeness (QED) is 0.806. The van der Waals surface area contributed by atoms with Crippen LogP contribution in [0.5, 0.6) is 0 Å². The number of hydrogen-bond donors (Lipinski definition) is 2. The summed E-state index contributed by atoms with van der Waals surface area (Å²) in [4.78, 5) is 0. The molecule has 0 amide bonds. The van der Waals surface area contributed by atoms with Crippen molar-refractivity contribution in [3.8, 4) is 0 Å². The second-order valence-corrected chi connectivity index (χ2v) is 4.39. The number of halogens is 1. The molecule has 82 valence electrons. The van der Waals surface area contributed by atoms with Gasteiger partial charge in [0.2, 0.25) is 0 Å². The lowest BCUT2D eigenvalue weighted by Crippen LogP contribution is -2.50. The van der Waals surface area contributed by atoms with Crippen molar-refractivity contribution in [1.82, 2.24) is 10.6 Å². The van der Waals surface area contributed by atoms with Crippen molar-refractivity contribution in [2.24, 2.45) is 0 Å². The van der Waals surface area contributed by atoms with Gasteiger partial charge in [-0.15, -0.1) is 0 Å². The summed E-state index contributed by atoms with van der Waals surface area (Å²) in [6.45, 7) is 4.28. The maximum absolute atomic E-state index is 6.01. The maximum Gasteiger partial charge on any atom is 0.0476 e. The highest BCUT2D eigenvalue weighted by Gasteiger charge is 2.23. The van der Waals surface area contributed by atoms with Crippen molar-refractivity contribution in [1.29, 1.82) is 0 Å². The van der Waals surface area contributed by atoms with Crippen LogP contribution < -0.4 is 10.6 Å². The van der Waals surface area contributed by atoms with Crippen molar-refractivity contribution in [2.45, 2.75) is 25.4 Å². The van der Waals surface area contributed by atoms with E-state index in [1.54, 1.807) is 0 Å². The third-order valence-electron chi connectivity index (χ3n) is 2.95. The molecule has 1 aliphatic rings. The molecule has 2 unspecified atom stereocenters. The summed E-state index contributed by atoms with van der Waals surface area (Å²) in [5, 5.41) is 7.89. The third-order valence-corrected chi connectivity index (χ3v) is 3.18. The van der Waals surface area contributed by atoms with Crippen LogP contribution in [0.15, 0.2) is 24.3 Å². The van der Waals surface area contributed by atoms with Gasteiger partial charge >= 0.3 is 0 Å². The molecule has 0 aromatic heterocycles. The van der Waals surface area contributed by atoms with Gasteiger partial charge in [0.25, 0.3) is 0 Å². The summed E-state index contributed by atoms with van der Waals surface area (Å²) >= 11 is 6.01. The Morgan fingerprint density at radius 3 is 2.87 bits per heavy atom. The SMILES string of the molecule is CCC1NCCNC1c1cccc(Cl)c1. The van der Waals surface area contributed by atoms with E-state index in [0.29, 0.717) is 12.1 Å². The highest BCUT2D eigenvalue weighted by Crippen LogP contribution is 2.23. The maximum atomic E-state index is 6.01. The fourth-order valence-electron chi connectivity index (χ4n) is 2.18. The van der Waals surface area contributed by atoms with Gasteiger partial charge in [-0.3, -0.25) is 0 Å². The van der Waals surface area contributed by atoms with Crippen LogP contribution in [0.4, 0.5) is 0 Å². The number of hydrogen-bond acceptors (Lipinski definition) is 2. The summed E-state index contributed by atoms with van der Waals surface area (Å²) in [7, 11) is 0. The van der Waals surface area contributed by atoms with Gasteiger partial charge in [0.1, 0.15) is 0 Å². The van der Waals surface area contributed by atoms with E-state index in [1.165, 1.54) is 5.56 Å². The second-order valence-electron chi connectivity index (χ2n) is 3.96. The van der Waals surface area contributed by atoms with Crippen molar-refractivity contribution < 1.29 is 0 Å². The van der Waals surface area contributed by atoms with Gasteiger partial charge in [-0.05, 0) is 24.1 Å². The Kier molecular flexibility index (Phi) is 3.62. The third kappa shape index (κ3) is 2.51. The Bertz CT molecular complexity index is 327. The molecule has 0 bridgehead atoms. The molecule has 1 heterocycles. The van der Waals surface area contributed by atoms with Crippen LogP contribution in [0.2, 0.25) is 5.02 Å². The molecule has 2 atom stereocenters. The zero-order valence-electron chi connectivity index (χ0n) is 8.96. The molecule has 1 aromatic carbocycles. The van der Waals surface area contributed by atoms with E-state index in [-0.39, 0.29) is 0 Å². The van der Waals surface area contributed by atoms with Crippen LogP contribution in [0.3, 0.4) is 0 Å². The van der Waals surface area contributed by atoms with Gasteiger partial charge in [0, 0.05) is 30.2 Å². The molecule has 15 heavy (non-hydrogen) atoms. The normalized spacial score (nSPS) is 26.5. The first-order valence-corrected chi connectivity index (χ1v) is 5.91. The molecule has 0 aliphatic carbocycles. The van der Waals surface area contributed by atoms with Gasteiger partial charge in [0.05, 0.1) is 0 Å². The molecule has 2 nitrogen and oxygen atoms in total. The molecular formula is C12H17ClN2. The molecule has 1 fully saturated rings. The smallest absolute Gasteiger partial charge is 0.0476 e. The predicted molar refractivity (Wildman–Crippen MR) is 64.3 cm³/mol. The Morgan fingerprint density at radius 1 is 1.33 bits per heavy atom. The van der Waals surface area contributed by atoms with Gasteiger partial charge in [0.15, 0.2) is 0 Å². The van der Waals surface area contributed by atoms with Crippen molar-refractivity contribution in [3.63, 3.8) is 0 Å². The largest absolute Gasteiger partial charge is 0.311 e. The summed E-state index contributed by atoms with van der Waals surface area (Å²) < 4.78 is 0. The highest BCUT2D eigenvalue weighted by molar-refractivity contribution is 6.30. The predicted octanol–water partition coefficient (Wildman–Crippen LogP) is 2.35. The number of benzene rings is 1. The Hall–Kier alpha value is -0.570. The van der Waals surface area contributed by atoms with Crippen LogP contribution in [0.1, 0.15) is 24.9 Å². The number of piperazine rings is 1. The van der Waals surface area contributed by atoms with Gasteiger partial charge < -0.3 is 10.6 Å². The minimum atomic E-state index is 0.391. The first-order chi connectivity index (χ1) is 7.31. The van der Waals surface area contributed by atoms with Crippen molar-refractivity contribution in [3.05, 3.63) is 34.9 Å². The zero-order valence-corrected chi connectivity index (χ0v) is 9.72. The van der Waals surface area contributed by atoms with Gasteiger partial charge in [-0.1, -0.05) is 30.7 Å². The van der Waals surface area contributed by atoms with E-state index >= 15 is 0 Å². The molecule has 0 radical (unpaired) electrons. The molecule has 0 saturated carbocycles. The minimum Gasteiger partial charge on any atom is -0.311 e. The summed E-state index contributed by atoms with van der Waals surface area (Å²) in [5.74, 6) is 0. The summed E-state index contributed by atoms with van der Waals surface area (Å²) in [6.07, 6.45) is 1.13. The molecule has 1 saturated heterocycles. The van der Waals surface area contributed by atoms with E-state index in [1.807, 2.05) is 12.1 Å². The first kappa shape index (κ1) is 10.9. The standard InChI is InChI=1S/C12H17ClN2/c1-2-11-12(15-7-6-14-11)9-4-3-5-10(13)8-9/h3-5,8,11-12,14-15H,2,6-7H2,1H3. The van der Waals surface area contributed by atoms with E-state index < -0.39 is 0 Å². The zero-order chi connectivity index (χ0) is 10.7. The van der Waals surface area contributed by atoms with E-state index in [9.17, 15) is 0 Å². The topological polar surface area (TPSA) is 24.1 Å². The monoisotopic (exact) mass is 224 g/mol. The fraction of sp³-hybridized carbons (Fsp3) is 0.500. The van der Waals surface area contributed by atoms with Crippen LogP contribution in [0, 0.1) is 0 Å². The lowest BCUT2D eigenvalue weighted by molar-refractivity contribution is 0.320. The lowest BCUT2D eigenvalue weighted by atomic mass is 9.96. The van der Waals surface area contributed by atoms with Crippen LogP contribution in [-0.4, -0.2) is 19.1 Å². The Morgan fingerprint density at radius 2 is 2.13 bits per heavy atom. The average molecular weight is 225 g/mol. The van der Waals surface area contributed by atoms with Crippen molar-refractivity contribution in [2.75, 3.05) is 13.1 Å². The molecule has 0 spiro atoms. The average Bonchev–Trinajstić information content (AvgIpc) is 2.29. The van der Waals surface area contributed by atoms with Crippen molar-refractivity contribution >= 4 is 11.6 Å². The minimum absolute atomic E-state index is 0.391. The second kappa shape index (κ2) is 4.97. The van der Waals surface area contributed by atoms with Crippen LogP contribution in [0.25, 0.3) is 0 Å². The first-order valence-electron chi connectivity index (χ1n) is 5.53. The van der Waals surface area contributed by atoms with Gasteiger partial charge in [-0.25, -0.2) is 0 Å². The van der Waals surface area contributed by atoms with E-state index in [0.717, 1.165) is 24.5 Å². The molecule has 3 heteroatoms. The van der Waals surface area contributed by atoms with Crippen LogP contribution >= 0.6 is 11.6 Å². The lowest BCUT2D eigenvalue weighted by Gasteiger charge is -2.33. The summed E-state index contributed by atoms with van der Waals surface area (Å²) in [5.41, 5.74) is 1.28. The van der Waals surface area contributed by atoms with Gasteiger partial charge in [-0.2, -0.15) is 0 Å². The Labute approximate surface area is 96.0 Å². The molecule has 1 aliphatic heterocycles. The van der Waals surface area contributed by atoms with Crippen LogP contribution in [-0.2, 0) is 0 Å². The molecular weight excluding hydrogens is 208 g/mol. The number of rotatable bonds is 2. The number of nitrogens with one attached hydrogen (secondary N) is 2. The molecule has 2 rings (SSSR count). The summed E-state index contributed by atoms with van der Waals surface area (Å²) in [6, 6.07) is 9.02.